The van der Waals surface area contributed by atoms with Gasteiger partial charge in [-0.05, 0) is 0 Å². The van der Waals surface area contributed by atoms with Crippen molar-refractivity contribution < 1.29 is 14.1 Å². The Morgan fingerprint density at radius 1 is 1.50 bits per heavy atom. The number of halogens is 2. The average Bonchev–Trinajstić information content (AvgIpc) is 2.27. The molecule has 1 heterocycles. The fourth-order valence-electron chi connectivity index (χ4n) is 1.18. The number of carbonyl (C=O) groups excluding carboxylic acids is 1. The first-order valence-electron chi connectivity index (χ1n) is 4.92. The summed E-state index contributed by atoms with van der Waals surface area (Å²) in [4.78, 5) is 13.0. The smallest absolute Gasteiger partial charge is 0.272 e. The molecular weight excluding hydrogens is 299 g/mol. The van der Waals surface area contributed by atoms with E-state index in [0.717, 1.165) is 12.4 Å². The number of carbonyl (C=O) groups is 1. The minimum Gasteiger partial charge on any atom is -0.619 e. The highest BCUT2D eigenvalue weighted by Gasteiger charge is 2.26. The Morgan fingerprint density at radius 3 is 2.61 bits per heavy atom. The Hall–Kier alpha value is -0.690. The number of alkyl halides is 1. The molecule has 0 fully saturated rings. The van der Waals surface area contributed by atoms with Crippen LogP contribution in [0.1, 0.15) is 5.56 Å². The highest BCUT2D eigenvalue weighted by molar-refractivity contribution is 7.92. The first-order chi connectivity index (χ1) is 8.36. The van der Waals surface area contributed by atoms with Gasteiger partial charge in [-0.15, -0.1) is 11.6 Å². The van der Waals surface area contributed by atoms with Crippen molar-refractivity contribution in [2.24, 2.45) is 0 Å². The minimum atomic E-state index is -1.65. The van der Waals surface area contributed by atoms with Crippen LogP contribution in [0.3, 0.4) is 0 Å². The molecule has 8 heteroatoms. The second-order valence-electron chi connectivity index (χ2n) is 3.72. The van der Waals surface area contributed by atoms with E-state index < -0.39 is 11.2 Å². The highest BCUT2D eigenvalue weighted by Crippen LogP contribution is 2.24. The summed E-state index contributed by atoms with van der Waals surface area (Å²) in [5, 5.41) is 11.4. The first kappa shape index (κ1) is 15.4. The van der Waals surface area contributed by atoms with E-state index in [1.165, 1.54) is 4.90 Å². The summed E-state index contributed by atoms with van der Waals surface area (Å²) in [5.41, 5.74) is 0.412. The lowest BCUT2D eigenvalue weighted by Crippen LogP contribution is -2.32. The maximum atomic E-state index is 12.0. The molecule has 1 atom stereocenters. The minimum absolute atomic E-state index is 0.0247. The molecule has 0 aliphatic heterocycles. The van der Waals surface area contributed by atoms with Gasteiger partial charge in [-0.25, -0.2) is 0 Å². The van der Waals surface area contributed by atoms with Gasteiger partial charge in [0.25, 0.3) is 5.91 Å². The molecular formula is C10H12Cl2N2O3S. The zero-order valence-corrected chi connectivity index (χ0v) is 12.2. The van der Waals surface area contributed by atoms with Crippen molar-refractivity contribution >= 4 is 40.3 Å². The number of amides is 1. The van der Waals surface area contributed by atoms with Gasteiger partial charge in [0.1, 0.15) is 5.02 Å². The number of hydrogen-bond donors (Lipinski definition) is 0. The predicted octanol–water partition coefficient (Wildman–Crippen LogP) is 0.908. The highest BCUT2D eigenvalue weighted by atomic mass is 35.5. The number of pyridine rings is 1. The normalized spacial score (nSPS) is 12.3. The van der Waals surface area contributed by atoms with Gasteiger partial charge in [-0.2, -0.15) is 4.73 Å². The summed E-state index contributed by atoms with van der Waals surface area (Å²) in [7, 11) is 3.13. The molecule has 0 aliphatic rings. The molecule has 0 saturated heterocycles. The van der Waals surface area contributed by atoms with Crippen molar-refractivity contribution in [3.63, 3.8) is 0 Å². The number of rotatable bonds is 4. The van der Waals surface area contributed by atoms with Crippen molar-refractivity contribution in [1.82, 2.24) is 4.90 Å². The molecule has 0 aromatic carbocycles. The second-order valence-corrected chi connectivity index (χ2v) is 5.81. The van der Waals surface area contributed by atoms with E-state index in [9.17, 15) is 14.6 Å². The molecule has 0 aliphatic carbocycles. The second kappa shape index (κ2) is 6.47. The molecule has 1 aromatic heterocycles. The van der Waals surface area contributed by atoms with Gasteiger partial charge in [0.05, 0.1) is 11.4 Å². The SMILES string of the molecule is CN(C)C(=O)C[S+]([O-])c1c[n+]([O-])cc(Cl)c1CCl. The number of hydrogen-bond acceptors (Lipinski definition) is 3. The molecule has 100 valence electrons. The van der Waals surface area contributed by atoms with Crippen molar-refractivity contribution in [2.75, 3.05) is 19.8 Å². The quantitative estimate of drug-likeness (QED) is 0.359. The zero-order valence-electron chi connectivity index (χ0n) is 9.85. The lowest BCUT2D eigenvalue weighted by atomic mass is 10.3. The van der Waals surface area contributed by atoms with Crippen LogP contribution in [0.4, 0.5) is 0 Å². The van der Waals surface area contributed by atoms with Crippen LogP contribution in [0.5, 0.6) is 0 Å². The number of nitrogens with zero attached hydrogens (tertiary/aromatic N) is 2. The van der Waals surface area contributed by atoms with Crippen LogP contribution in [0.25, 0.3) is 0 Å². The van der Waals surface area contributed by atoms with Crippen molar-refractivity contribution in [3.05, 3.63) is 28.2 Å². The Kier molecular flexibility index (Phi) is 5.52. The van der Waals surface area contributed by atoms with E-state index in [-0.39, 0.29) is 27.5 Å². The summed E-state index contributed by atoms with van der Waals surface area (Å²) >= 11 is 9.90. The van der Waals surface area contributed by atoms with Crippen LogP contribution in [0.15, 0.2) is 17.3 Å². The van der Waals surface area contributed by atoms with Crippen LogP contribution >= 0.6 is 23.2 Å². The molecule has 0 radical (unpaired) electrons. The summed E-state index contributed by atoms with van der Waals surface area (Å²) < 4.78 is 12.5. The van der Waals surface area contributed by atoms with E-state index in [2.05, 4.69) is 0 Å². The van der Waals surface area contributed by atoms with Gasteiger partial charge in [0.2, 0.25) is 11.1 Å². The van der Waals surface area contributed by atoms with Crippen molar-refractivity contribution in [1.29, 1.82) is 0 Å². The molecule has 1 aromatic rings. The molecule has 5 nitrogen and oxygen atoms in total. The first-order valence-corrected chi connectivity index (χ1v) is 7.15. The van der Waals surface area contributed by atoms with Crippen LogP contribution < -0.4 is 4.73 Å². The predicted molar refractivity (Wildman–Crippen MR) is 69.9 cm³/mol. The van der Waals surface area contributed by atoms with Crippen LogP contribution in [0, 0.1) is 5.21 Å². The number of aromatic nitrogens is 1. The molecule has 1 unspecified atom stereocenters. The molecule has 0 bridgehead atoms. The van der Waals surface area contributed by atoms with Gasteiger partial charge in [0, 0.05) is 25.3 Å². The third-order valence-electron chi connectivity index (χ3n) is 2.20. The summed E-state index contributed by atoms with van der Waals surface area (Å²) in [6.45, 7) is 0. The van der Waals surface area contributed by atoms with Gasteiger partial charge >= 0.3 is 0 Å². The molecule has 0 saturated carbocycles. The molecule has 1 rings (SSSR count). The maximum Gasteiger partial charge on any atom is 0.272 e. The van der Waals surface area contributed by atoms with Gasteiger partial charge < -0.3 is 14.7 Å². The van der Waals surface area contributed by atoms with E-state index in [1.54, 1.807) is 14.1 Å². The van der Waals surface area contributed by atoms with Crippen molar-refractivity contribution in [3.8, 4) is 0 Å². The van der Waals surface area contributed by atoms with Crippen molar-refractivity contribution in [2.45, 2.75) is 10.8 Å². The Balaban J connectivity index is 3.04. The van der Waals surface area contributed by atoms with E-state index in [1.807, 2.05) is 0 Å². The largest absolute Gasteiger partial charge is 0.619 e. The summed E-state index contributed by atoms with van der Waals surface area (Å²) in [5.74, 6) is -0.486. The molecule has 18 heavy (non-hydrogen) atoms. The molecule has 0 spiro atoms. The Morgan fingerprint density at radius 2 is 2.11 bits per heavy atom. The van der Waals surface area contributed by atoms with E-state index in [4.69, 9.17) is 23.2 Å². The monoisotopic (exact) mass is 310 g/mol. The topological polar surface area (TPSA) is 70.3 Å². The Bertz CT molecular complexity index is 457. The lowest BCUT2D eigenvalue weighted by Gasteiger charge is -2.15. The lowest BCUT2D eigenvalue weighted by molar-refractivity contribution is -0.607. The standard InChI is InChI=1S/C10H12Cl2N2O3S/c1-13(2)10(15)6-18(17)9-5-14(16)4-8(12)7(9)3-11/h4-5H,3,6H2,1-2H3. The zero-order chi connectivity index (χ0) is 13.9. The van der Waals surface area contributed by atoms with E-state index in [0.29, 0.717) is 10.3 Å². The van der Waals surface area contributed by atoms with Crippen LogP contribution in [0.2, 0.25) is 5.02 Å². The third-order valence-corrected chi connectivity index (χ3v) is 4.15. The molecule has 1 amide bonds. The maximum absolute atomic E-state index is 12.0. The fraction of sp³-hybridized carbons (Fsp3) is 0.400. The van der Waals surface area contributed by atoms with Gasteiger partial charge in [0.15, 0.2) is 11.9 Å². The van der Waals surface area contributed by atoms with E-state index >= 15 is 0 Å². The fourth-order valence-corrected chi connectivity index (χ4v) is 3.26. The van der Waals surface area contributed by atoms with Crippen LogP contribution in [-0.2, 0) is 21.9 Å². The Labute approximate surface area is 118 Å². The summed E-state index contributed by atoms with van der Waals surface area (Å²) in [6.07, 6.45) is 2.26. The summed E-state index contributed by atoms with van der Waals surface area (Å²) in [6, 6.07) is 0. The average molecular weight is 311 g/mol. The van der Waals surface area contributed by atoms with Gasteiger partial charge in [-0.3, -0.25) is 4.79 Å². The third kappa shape index (κ3) is 3.65. The molecule has 0 N–H and O–H groups in total. The van der Waals surface area contributed by atoms with Crippen LogP contribution in [-0.4, -0.2) is 35.2 Å². The van der Waals surface area contributed by atoms with Gasteiger partial charge in [-0.1, -0.05) is 11.6 Å².